The molecule has 0 saturated heterocycles. The summed E-state index contributed by atoms with van der Waals surface area (Å²) in [6, 6.07) is 10.7. The van der Waals surface area contributed by atoms with Crippen LogP contribution in [0.1, 0.15) is 20.2 Å². The molecular weight excluding hydrogens is 320 g/mol. The molecule has 7 heteroatoms. The van der Waals surface area contributed by atoms with E-state index in [-0.39, 0.29) is 11.6 Å². The number of carboxylic acid groups (broad SMARTS) is 1. The van der Waals surface area contributed by atoms with Crippen LogP contribution in [-0.4, -0.2) is 22.0 Å². The first-order valence-electron chi connectivity index (χ1n) is 6.27. The maximum absolute atomic E-state index is 11.9. The Morgan fingerprint density at radius 3 is 2.45 bits per heavy atom. The van der Waals surface area contributed by atoms with Gasteiger partial charge in [0.1, 0.15) is 5.01 Å². The number of amides is 1. The standard InChI is InChI=1S/C15H10N2O3S2/c18-13(12-2-1-7-21-12)16-10-5-3-9(4-6-10)14-17-11(8-22-14)15(19)20/h1-8H,(H,16,18)(H,19,20). The number of benzene rings is 1. The molecule has 0 atom stereocenters. The maximum Gasteiger partial charge on any atom is 0.355 e. The van der Waals surface area contributed by atoms with Crippen molar-refractivity contribution in [1.29, 1.82) is 0 Å². The lowest BCUT2D eigenvalue weighted by molar-refractivity contribution is 0.0691. The molecule has 5 nitrogen and oxygen atoms in total. The predicted octanol–water partition coefficient (Wildman–Crippen LogP) is 3.82. The van der Waals surface area contributed by atoms with Gasteiger partial charge in [-0.2, -0.15) is 0 Å². The molecule has 22 heavy (non-hydrogen) atoms. The van der Waals surface area contributed by atoms with Gasteiger partial charge in [-0.05, 0) is 35.7 Å². The van der Waals surface area contributed by atoms with Crippen LogP contribution in [0.25, 0.3) is 10.6 Å². The number of thiazole rings is 1. The summed E-state index contributed by atoms with van der Waals surface area (Å²) in [6.45, 7) is 0. The third-order valence-corrected chi connectivity index (χ3v) is 4.62. The summed E-state index contributed by atoms with van der Waals surface area (Å²) >= 11 is 2.65. The second-order valence-corrected chi connectivity index (χ2v) is 6.16. The van der Waals surface area contributed by atoms with Crippen LogP contribution in [0.15, 0.2) is 47.2 Å². The van der Waals surface area contributed by atoms with Crippen LogP contribution in [0.4, 0.5) is 5.69 Å². The molecule has 3 rings (SSSR count). The Morgan fingerprint density at radius 1 is 1.09 bits per heavy atom. The topological polar surface area (TPSA) is 79.3 Å². The molecule has 0 unspecified atom stereocenters. The van der Waals surface area contributed by atoms with Crippen molar-refractivity contribution in [3.05, 3.63) is 57.7 Å². The molecular formula is C15H10N2O3S2. The summed E-state index contributed by atoms with van der Waals surface area (Å²) in [5.74, 6) is -1.19. The Bertz CT molecular complexity index is 808. The number of rotatable bonds is 4. The van der Waals surface area contributed by atoms with E-state index in [1.54, 1.807) is 30.3 Å². The Balaban J connectivity index is 1.74. The SMILES string of the molecule is O=C(O)c1csc(-c2ccc(NC(=O)c3cccs3)cc2)n1. The molecule has 0 spiro atoms. The van der Waals surface area contributed by atoms with E-state index in [9.17, 15) is 9.59 Å². The molecule has 2 N–H and O–H groups in total. The molecule has 110 valence electrons. The molecule has 0 radical (unpaired) electrons. The van der Waals surface area contributed by atoms with Crippen molar-refractivity contribution in [1.82, 2.24) is 4.98 Å². The minimum atomic E-state index is -1.04. The number of nitrogens with zero attached hydrogens (tertiary/aromatic N) is 1. The summed E-state index contributed by atoms with van der Waals surface area (Å²) in [5.41, 5.74) is 1.53. The second kappa shape index (κ2) is 6.08. The van der Waals surface area contributed by atoms with Gasteiger partial charge in [0.25, 0.3) is 5.91 Å². The number of anilines is 1. The van der Waals surface area contributed by atoms with Crippen molar-refractivity contribution in [2.24, 2.45) is 0 Å². The molecule has 1 amide bonds. The van der Waals surface area contributed by atoms with Gasteiger partial charge in [0.05, 0.1) is 4.88 Å². The van der Waals surface area contributed by atoms with E-state index in [4.69, 9.17) is 5.11 Å². The first kappa shape index (κ1) is 14.4. The first-order chi connectivity index (χ1) is 10.6. The monoisotopic (exact) mass is 330 g/mol. The van der Waals surface area contributed by atoms with E-state index in [1.165, 1.54) is 28.1 Å². The lowest BCUT2D eigenvalue weighted by atomic mass is 10.2. The van der Waals surface area contributed by atoms with Gasteiger partial charge < -0.3 is 10.4 Å². The van der Waals surface area contributed by atoms with Gasteiger partial charge in [-0.25, -0.2) is 9.78 Å². The van der Waals surface area contributed by atoms with E-state index in [0.717, 1.165) is 5.56 Å². The van der Waals surface area contributed by atoms with Crippen LogP contribution < -0.4 is 5.32 Å². The summed E-state index contributed by atoms with van der Waals surface area (Å²) in [5, 5.41) is 15.7. The Hall–Kier alpha value is -2.51. The van der Waals surface area contributed by atoms with Crippen LogP contribution in [0.3, 0.4) is 0 Å². The van der Waals surface area contributed by atoms with E-state index in [0.29, 0.717) is 15.6 Å². The summed E-state index contributed by atoms with van der Waals surface area (Å²) in [7, 11) is 0. The minimum absolute atomic E-state index is 0.0371. The van der Waals surface area contributed by atoms with Crippen molar-refractivity contribution in [2.45, 2.75) is 0 Å². The third kappa shape index (κ3) is 3.05. The van der Waals surface area contributed by atoms with Gasteiger partial charge in [-0.15, -0.1) is 22.7 Å². The molecule has 0 bridgehead atoms. The van der Waals surface area contributed by atoms with Crippen molar-refractivity contribution in [3.8, 4) is 10.6 Å². The number of carbonyl (C=O) groups is 2. The molecule has 2 aromatic heterocycles. The highest BCUT2D eigenvalue weighted by molar-refractivity contribution is 7.13. The number of carboxylic acids is 1. The summed E-state index contributed by atoms with van der Waals surface area (Å²) in [6.07, 6.45) is 0. The molecule has 2 heterocycles. The number of nitrogens with one attached hydrogen (secondary N) is 1. The second-order valence-electron chi connectivity index (χ2n) is 4.35. The lowest BCUT2D eigenvalue weighted by Gasteiger charge is -2.04. The first-order valence-corrected chi connectivity index (χ1v) is 8.03. The van der Waals surface area contributed by atoms with E-state index >= 15 is 0 Å². The van der Waals surface area contributed by atoms with Crippen LogP contribution in [0.2, 0.25) is 0 Å². The van der Waals surface area contributed by atoms with Gasteiger partial charge in [0.15, 0.2) is 5.69 Å². The molecule has 0 saturated carbocycles. The van der Waals surface area contributed by atoms with Crippen molar-refractivity contribution in [3.63, 3.8) is 0 Å². The maximum atomic E-state index is 11.9. The average molecular weight is 330 g/mol. The highest BCUT2D eigenvalue weighted by Crippen LogP contribution is 2.25. The van der Waals surface area contributed by atoms with Gasteiger partial charge in [-0.1, -0.05) is 6.07 Å². The van der Waals surface area contributed by atoms with E-state index < -0.39 is 5.97 Å². The summed E-state index contributed by atoms with van der Waals surface area (Å²) in [4.78, 5) is 27.5. The van der Waals surface area contributed by atoms with E-state index in [2.05, 4.69) is 10.3 Å². The smallest absolute Gasteiger partial charge is 0.355 e. The van der Waals surface area contributed by atoms with Crippen molar-refractivity contribution >= 4 is 40.2 Å². The summed E-state index contributed by atoms with van der Waals surface area (Å²) < 4.78 is 0. The van der Waals surface area contributed by atoms with Crippen LogP contribution in [-0.2, 0) is 0 Å². The number of aromatic nitrogens is 1. The molecule has 1 aromatic carbocycles. The fourth-order valence-electron chi connectivity index (χ4n) is 1.80. The average Bonchev–Trinajstić information content (AvgIpc) is 3.20. The van der Waals surface area contributed by atoms with Crippen LogP contribution in [0.5, 0.6) is 0 Å². The molecule has 0 aliphatic carbocycles. The zero-order chi connectivity index (χ0) is 15.5. The fourth-order valence-corrected chi connectivity index (χ4v) is 3.22. The molecule has 0 fully saturated rings. The van der Waals surface area contributed by atoms with Crippen LogP contribution >= 0.6 is 22.7 Å². The fraction of sp³-hybridized carbons (Fsp3) is 0. The molecule has 3 aromatic rings. The Kier molecular flexibility index (Phi) is 3.99. The highest BCUT2D eigenvalue weighted by Gasteiger charge is 2.11. The largest absolute Gasteiger partial charge is 0.476 e. The van der Waals surface area contributed by atoms with Gasteiger partial charge in [0.2, 0.25) is 0 Å². The Labute approximate surface area is 133 Å². The molecule has 0 aliphatic rings. The predicted molar refractivity (Wildman–Crippen MR) is 86.8 cm³/mol. The quantitative estimate of drug-likeness (QED) is 0.762. The van der Waals surface area contributed by atoms with E-state index in [1.807, 2.05) is 11.4 Å². The minimum Gasteiger partial charge on any atom is -0.476 e. The zero-order valence-corrected chi connectivity index (χ0v) is 12.8. The highest BCUT2D eigenvalue weighted by atomic mass is 32.1. The van der Waals surface area contributed by atoms with Crippen molar-refractivity contribution in [2.75, 3.05) is 5.32 Å². The third-order valence-electron chi connectivity index (χ3n) is 2.86. The normalized spacial score (nSPS) is 10.4. The van der Waals surface area contributed by atoms with Gasteiger partial charge in [0, 0.05) is 16.6 Å². The number of carbonyl (C=O) groups excluding carboxylic acids is 1. The van der Waals surface area contributed by atoms with Gasteiger partial charge >= 0.3 is 5.97 Å². The van der Waals surface area contributed by atoms with Crippen LogP contribution in [0, 0.1) is 0 Å². The van der Waals surface area contributed by atoms with Crippen molar-refractivity contribution < 1.29 is 14.7 Å². The number of hydrogen-bond donors (Lipinski definition) is 2. The Morgan fingerprint density at radius 2 is 1.86 bits per heavy atom. The van der Waals surface area contributed by atoms with Gasteiger partial charge in [-0.3, -0.25) is 4.79 Å². The zero-order valence-electron chi connectivity index (χ0n) is 11.1. The lowest BCUT2D eigenvalue weighted by Crippen LogP contribution is -2.09. The number of thiophene rings is 1. The molecule has 0 aliphatic heterocycles. The number of aromatic carboxylic acids is 1. The number of hydrogen-bond acceptors (Lipinski definition) is 5.